The van der Waals surface area contributed by atoms with Crippen LogP contribution in [0.1, 0.15) is 30.9 Å². The molecule has 0 saturated carbocycles. The van der Waals surface area contributed by atoms with Gasteiger partial charge in [-0.15, -0.1) is 0 Å². The fraction of sp³-hybridized carbons (Fsp3) is 0.500. The SMILES string of the molecule is COc1ccc(CNC(=O)CCC(C)N)c(C(F)(F)F)c1. The lowest BCUT2D eigenvalue weighted by atomic mass is 10.1. The van der Waals surface area contributed by atoms with E-state index in [9.17, 15) is 18.0 Å². The number of halogens is 3. The number of nitrogens with two attached hydrogens (primary N) is 1. The van der Waals surface area contributed by atoms with Crippen LogP contribution in [0.25, 0.3) is 0 Å². The number of hydrogen-bond acceptors (Lipinski definition) is 3. The molecule has 0 aliphatic heterocycles. The number of alkyl halides is 3. The maximum atomic E-state index is 13.0. The molecular weight excluding hydrogens is 285 g/mol. The van der Waals surface area contributed by atoms with E-state index in [1.165, 1.54) is 19.2 Å². The molecular formula is C14H19F3N2O2. The lowest BCUT2D eigenvalue weighted by Crippen LogP contribution is -2.26. The first-order chi connectivity index (χ1) is 9.74. The van der Waals surface area contributed by atoms with Crippen LogP contribution in [-0.4, -0.2) is 19.1 Å². The molecule has 0 aliphatic carbocycles. The van der Waals surface area contributed by atoms with Crippen molar-refractivity contribution in [2.24, 2.45) is 5.73 Å². The third kappa shape index (κ3) is 5.63. The first-order valence-corrected chi connectivity index (χ1v) is 6.50. The van der Waals surface area contributed by atoms with Gasteiger partial charge in [-0.05, 0) is 31.0 Å². The Kier molecular flexibility index (Phi) is 6.02. The van der Waals surface area contributed by atoms with Crippen molar-refractivity contribution < 1.29 is 22.7 Å². The number of rotatable bonds is 6. The lowest BCUT2D eigenvalue weighted by molar-refractivity contribution is -0.138. The van der Waals surface area contributed by atoms with Crippen LogP contribution >= 0.6 is 0 Å². The van der Waals surface area contributed by atoms with Gasteiger partial charge in [-0.2, -0.15) is 13.2 Å². The monoisotopic (exact) mass is 304 g/mol. The summed E-state index contributed by atoms with van der Waals surface area (Å²) in [7, 11) is 1.30. The zero-order valence-corrected chi connectivity index (χ0v) is 12.0. The van der Waals surface area contributed by atoms with Crippen LogP contribution in [0.4, 0.5) is 13.2 Å². The number of hydrogen-bond donors (Lipinski definition) is 2. The van der Waals surface area contributed by atoms with E-state index in [1.54, 1.807) is 6.92 Å². The summed E-state index contributed by atoms with van der Waals surface area (Å²) < 4.78 is 43.7. The molecule has 4 nitrogen and oxygen atoms in total. The molecule has 0 heterocycles. The Labute approximate surface area is 121 Å². The Morgan fingerprint density at radius 3 is 2.62 bits per heavy atom. The molecule has 3 N–H and O–H groups in total. The molecule has 1 unspecified atom stereocenters. The zero-order chi connectivity index (χ0) is 16.0. The predicted molar refractivity (Wildman–Crippen MR) is 72.7 cm³/mol. The molecule has 21 heavy (non-hydrogen) atoms. The summed E-state index contributed by atoms with van der Waals surface area (Å²) in [5.74, 6) is -0.203. The fourth-order valence-electron chi connectivity index (χ4n) is 1.74. The number of carbonyl (C=O) groups is 1. The molecule has 1 rings (SSSR count). The molecule has 0 aromatic heterocycles. The van der Waals surface area contributed by atoms with Gasteiger partial charge >= 0.3 is 6.18 Å². The smallest absolute Gasteiger partial charge is 0.416 e. The number of methoxy groups -OCH3 is 1. The third-order valence-corrected chi connectivity index (χ3v) is 2.93. The quantitative estimate of drug-likeness (QED) is 0.848. The molecule has 0 radical (unpaired) electrons. The van der Waals surface area contributed by atoms with Gasteiger partial charge < -0.3 is 15.8 Å². The molecule has 1 atom stereocenters. The Balaban J connectivity index is 2.77. The summed E-state index contributed by atoms with van der Waals surface area (Å²) in [5, 5.41) is 2.47. The molecule has 0 fully saturated rings. The van der Waals surface area contributed by atoms with E-state index in [4.69, 9.17) is 10.5 Å². The van der Waals surface area contributed by atoms with Gasteiger partial charge in [0.15, 0.2) is 0 Å². The van der Waals surface area contributed by atoms with Gasteiger partial charge in [-0.25, -0.2) is 0 Å². The Morgan fingerprint density at radius 2 is 2.10 bits per heavy atom. The topological polar surface area (TPSA) is 64.3 Å². The molecule has 118 valence electrons. The van der Waals surface area contributed by atoms with Gasteiger partial charge in [-0.3, -0.25) is 4.79 Å². The Hall–Kier alpha value is -1.76. The average Bonchev–Trinajstić information content (AvgIpc) is 2.41. The largest absolute Gasteiger partial charge is 0.497 e. The normalized spacial score (nSPS) is 12.9. The molecule has 0 bridgehead atoms. The van der Waals surface area contributed by atoms with Crippen molar-refractivity contribution in [3.8, 4) is 5.75 Å². The highest BCUT2D eigenvalue weighted by molar-refractivity contribution is 5.75. The standard InChI is InChI=1S/C14H19F3N2O2/c1-9(18)3-6-13(20)19-8-10-4-5-11(21-2)7-12(10)14(15,16)17/h4-5,7,9H,3,6,8,18H2,1-2H3,(H,19,20). The second kappa shape index (κ2) is 7.31. The molecule has 0 aliphatic rings. The maximum Gasteiger partial charge on any atom is 0.416 e. The third-order valence-electron chi connectivity index (χ3n) is 2.93. The van der Waals surface area contributed by atoms with Crippen LogP contribution in [0.3, 0.4) is 0 Å². The van der Waals surface area contributed by atoms with Gasteiger partial charge in [0.2, 0.25) is 5.91 Å². The molecule has 1 aromatic rings. The second-order valence-electron chi connectivity index (χ2n) is 4.81. The first kappa shape index (κ1) is 17.3. The van der Waals surface area contributed by atoms with Crippen molar-refractivity contribution in [1.29, 1.82) is 0 Å². The van der Waals surface area contributed by atoms with Crippen molar-refractivity contribution in [3.05, 3.63) is 29.3 Å². The van der Waals surface area contributed by atoms with Crippen LogP contribution in [0.15, 0.2) is 18.2 Å². The highest BCUT2D eigenvalue weighted by Gasteiger charge is 2.33. The summed E-state index contributed by atoms with van der Waals surface area (Å²) in [5.41, 5.74) is 4.71. The Bertz CT molecular complexity index is 488. The molecule has 1 amide bonds. The van der Waals surface area contributed by atoms with Gasteiger partial charge in [0, 0.05) is 19.0 Å². The van der Waals surface area contributed by atoms with Crippen molar-refractivity contribution in [1.82, 2.24) is 5.32 Å². The van der Waals surface area contributed by atoms with E-state index >= 15 is 0 Å². The average molecular weight is 304 g/mol. The van der Waals surface area contributed by atoms with Crippen LogP contribution in [-0.2, 0) is 17.5 Å². The number of amides is 1. The van der Waals surface area contributed by atoms with Crippen molar-refractivity contribution in [2.45, 2.75) is 38.5 Å². The van der Waals surface area contributed by atoms with E-state index in [2.05, 4.69) is 5.32 Å². The van der Waals surface area contributed by atoms with Crippen LogP contribution < -0.4 is 15.8 Å². The maximum absolute atomic E-state index is 13.0. The minimum absolute atomic E-state index is 0.00236. The molecule has 1 aromatic carbocycles. The summed E-state index contributed by atoms with van der Waals surface area (Å²) in [6, 6.07) is 3.53. The highest BCUT2D eigenvalue weighted by atomic mass is 19.4. The summed E-state index contributed by atoms with van der Waals surface area (Å²) in [6.07, 6.45) is -3.82. The molecule has 0 spiro atoms. The lowest BCUT2D eigenvalue weighted by Gasteiger charge is -2.15. The van der Waals surface area contributed by atoms with Crippen molar-refractivity contribution in [3.63, 3.8) is 0 Å². The van der Waals surface area contributed by atoms with E-state index in [-0.39, 0.29) is 36.2 Å². The number of ether oxygens (including phenoxy) is 1. The van der Waals surface area contributed by atoms with Crippen LogP contribution in [0.2, 0.25) is 0 Å². The number of carbonyl (C=O) groups excluding carboxylic acids is 1. The Morgan fingerprint density at radius 1 is 1.43 bits per heavy atom. The van der Waals surface area contributed by atoms with Gasteiger partial charge in [0.1, 0.15) is 5.75 Å². The fourth-order valence-corrected chi connectivity index (χ4v) is 1.74. The molecule has 0 saturated heterocycles. The van der Waals surface area contributed by atoms with E-state index in [0.717, 1.165) is 6.07 Å². The predicted octanol–water partition coefficient (Wildman–Crippen LogP) is 2.46. The van der Waals surface area contributed by atoms with E-state index in [1.807, 2.05) is 0 Å². The van der Waals surface area contributed by atoms with Gasteiger partial charge in [0.25, 0.3) is 0 Å². The van der Waals surface area contributed by atoms with E-state index < -0.39 is 11.7 Å². The number of nitrogens with one attached hydrogen (secondary N) is 1. The number of benzene rings is 1. The van der Waals surface area contributed by atoms with E-state index in [0.29, 0.717) is 6.42 Å². The highest BCUT2D eigenvalue weighted by Crippen LogP contribution is 2.34. The van der Waals surface area contributed by atoms with Crippen LogP contribution in [0.5, 0.6) is 5.75 Å². The molecule has 7 heteroatoms. The summed E-state index contributed by atoms with van der Waals surface area (Å²) >= 11 is 0. The zero-order valence-electron chi connectivity index (χ0n) is 12.0. The minimum Gasteiger partial charge on any atom is -0.497 e. The van der Waals surface area contributed by atoms with Gasteiger partial charge in [0.05, 0.1) is 12.7 Å². The summed E-state index contributed by atoms with van der Waals surface area (Å²) in [6.45, 7) is 1.58. The first-order valence-electron chi connectivity index (χ1n) is 6.50. The van der Waals surface area contributed by atoms with Crippen molar-refractivity contribution in [2.75, 3.05) is 7.11 Å². The summed E-state index contributed by atoms with van der Waals surface area (Å²) in [4.78, 5) is 11.5. The second-order valence-corrected chi connectivity index (χ2v) is 4.81. The minimum atomic E-state index is -4.50. The van der Waals surface area contributed by atoms with Gasteiger partial charge in [-0.1, -0.05) is 6.07 Å². The van der Waals surface area contributed by atoms with Crippen molar-refractivity contribution >= 4 is 5.91 Å². The van der Waals surface area contributed by atoms with Crippen LogP contribution in [0, 0.1) is 0 Å².